The summed E-state index contributed by atoms with van der Waals surface area (Å²) in [5, 5.41) is 0. The second kappa shape index (κ2) is 9.09. The second-order valence-corrected chi connectivity index (χ2v) is 7.78. The first-order chi connectivity index (χ1) is 15.3. The topological polar surface area (TPSA) is 20.3 Å². The minimum absolute atomic E-state index is 0.122. The van der Waals surface area contributed by atoms with Crippen molar-refractivity contribution in [3.05, 3.63) is 101 Å². The van der Waals surface area contributed by atoms with Crippen LogP contribution >= 0.6 is 0 Å². The maximum absolute atomic E-state index is 14.6. The van der Waals surface area contributed by atoms with E-state index in [4.69, 9.17) is 0 Å². The van der Waals surface area contributed by atoms with E-state index in [9.17, 15) is 22.4 Å². The largest absolute Gasteiger partial charge is 0.416 e. The van der Waals surface area contributed by atoms with Gasteiger partial charge in [-0.05, 0) is 41.3 Å². The van der Waals surface area contributed by atoms with E-state index < -0.39 is 17.6 Å². The van der Waals surface area contributed by atoms with Crippen molar-refractivity contribution < 1.29 is 22.4 Å². The van der Waals surface area contributed by atoms with E-state index in [1.54, 1.807) is 18.2 Å². The summed E-state index contributed by atoms with van der Waals surface area (Å²) >= 11 is 0. The number of hydrogen-bond donors (Lipinski definition) is 0. The van der Waals surface area contributed by atoms with Crippen molar-refractivity contribution in [3.8, 4) is 11.1 Å². The fraction of sp³-hybridized carbons (Fsp3) is 0.192. The Morgan fingerprint density at radius 3 is 2.31 bits per heavy atom. The molecule has 0 amide bonds. The Morgan fingerprint density at radius 1 is 0.906 bits per heavy atom. The van der Waals surface area contributed by atoms with Gasteiger partial charge in [0.1, 0.15) is 5.82 Å². The highest BCUT2D eigenvalue weighted by Crippen LogP contribution is 2.32. The van der Waals surface area contributed by atoms with Crippen LogP contribution in [0.3, 0.4) is 0 Å². The van der Waals surface area contributed by atoms with Crippen LogP contribution in [0.1, 0.15) is 27.9 Å². The molecular formula is C26H21F4NO. The van der Waals surface area contributed by atoms with Gasteiger partial charge in [0, 0.05) is 24.2 Å². The van der Waals surface area contributed by atoms with Gasteiger partial charge in [0.2, 0.25) is 0 Å². The Labute approximate surface area is 183 Å². The van der Waals surface area contributed by atoms with Crippen molar-refractivity contribution in [1.82, 2.24) is 4.90 Å². The Balaban J connectivity index is 1.42. The summed E-state index contributed by atoms with van der Waals surface area (Å²) in [4.78, 5) is 14.6. The van der Waals surface area contributed by atoms with Crippen molar-refractivity contribution in [2.45, 2.75) is 12.6 Å². The molecule has 0 spiro atoms. The molecule has 0 radical (unpaired) electrons. The lowest BCUT2D eigenvalue weighted by molar-refractivity contribution is -0.137. The highest BCUT2D eigenvalue weighted by Gasteiger charge is 2.30. The van der Waals surface area contributed by atoms with Gasteiger partial charge in [-0.25, -0.2) is 4.39 Å². The molecule has 0 saturated carbocycles. The molecule has 2 nitrogen and oxygen atoms in total. The predicted octanol–water partition coefficient (Wildman–Crippen LogP) is 6.48. The molecule has 0 aromatic heterocycles. The molecule has 0 aliphatic carbocycles. The van der Waals surface area contributed by atoms with Crippen molar-refractivity contribution in [3.63, 3.8) is 0 Å². The lowest BCUT2D eigenvalue weighted by Crippen LogP contribution is -2.33. The van der Waals surface area contributed by atoms with E-state index in [0.717, 1.165) is 23.3 Å². The molecule has 0 unspecified atom stereocenters. The van der Waals surface area contributed by atoms with Crippen LogP contribution in [-0.2, 0) is 6.18 Å². The molecule has 1 aliphatic heterocycles. The minimum atomic E-state index is -4.38. The zero-order chi connectivity index (χ0) is 22.7. The van der Waals surface area contributed by atoms with Gasteiger partial charge in [0.05, 0.1) is 12.1 Å². The molecule has 1 heterocycles. The third kappa shape index (κ3) is 4.97. The number of alkyl halides is 3. The molecule has 6 heteroatoms. The summed E-state index contributed by atoms with van der Waals surface area (Å²) in [7, 11) is 0. The Morgan fingerprint density at radius 2 is 1.66 bits per heavy atom. The third-order valence-electron chi connectivity index (χ3n) is 5.60. The Kier molecular flexibility index (Phi) is 6.24. The van der Waals surface area contributed by atoms with Gasteiger partial charge < -0.3 is 0 Å². The smallest absolute Gasteiger partial charge is 0.293 e. The molecule has 0 fully saturated rings. The average molecular weight is 439 g/mol. The van der Waals surface area contributed by atoms with Gasteiger partial charge in [0.25, 0.3) is 0 Å². The molecule has 0 atom stereocenters. The second-order valence-electron chi connectivity index (χ2n) is 7.78. The minimum Gasteiger partial charge on any atom is -0.293 e. The normalized spacial score (nSPS) is 14.8. The highest BCUT2D eigenvalue weighted by molar-refractivity contribution is 5.98. The molecule has 164 valence electrons. The zero-order valence-electron chi connectivity index (χ0n) is 17.2. The van der Waals surface area contributed by atoms with E-state index in [-0.39, 0.29) is 12.3 Å². The number of halogens is 4. The van der Waals surface area contributed by atoms with Gasteiger partial charge in [-0.2, -0.15) is 13.2 Å². The maximum Gasteiger partial charge on any atom is 0.416 e. The molecule has 3 aromatic rings. The standard InChI is InChI=1S/C26H21F4NO/c27-24-16-21(9-10-23(24)19-5-2-1-3-6-19)25(32)17-31-13-11-18(12-14-31)20-7-4-8-22(15-20)26(28,29)30/h1-11,15-16H,12-14,17H2. The van der Waals surface area contributed by atoms with Crippen LogP contribution in [0.15, 0.2) is 78.9 Å². The number of carbonyl (C=O) groups excluding carboxylic acids is 1. The molecule has 1 aliphatic rings. The fourth-order valence-electron chi connectivity index (χ4n) is 3.85. The van der Waals surface area contributed by atoms with Gasteiger partial charge >= 0.3 is 6.18 Å². The van der Waals surface area contributed by atoms with Crippen molar-refractivity contribution >= 4 is 11.4 Å². The van der Waals surface area contributed by atoms with Gasteiger partial charge in [-0.15, -0.1) is 0 Å². The van der Waals surface area contributed by atoms with Crippen molar-refractivity contribution in [1.29, 1.82) is 0 Å². The summed E-state index contributed by atoms with van der Waals surface area (Å²) in [6.07, 6.45) is -1.99. The first-order valence-corrected chi connectivity index (χ1v) is 10.3. The fourth-order valence-corrected chi connectivity index (χ4v) is 3.85. The molecule has 0 saturated heterocycles. The Hall–Kier alpha value is -3.25. The number of Topliss-reactive ketones (excluding diaryl/α,β-unsaturated/α-hetero) is 1. The third-order valence-corrected chi connectivity index (χ3v) is 5.60. The van der Waals surface area contributed by atoms with E-state index >= 15 is 0 Å². The zero-order valence-corrected chi connectivity index (χ0v) is 17.2. The molecular weight excluding hydrogens is 418 g/mol. The first kappa shape index (κ1) is 22.0. The first-order valence-electron chi connectivity index (χ1n) is 10.3. The van der Waals surface area contributed by atoms with Gasteiger partial charge in [-0.3, -0.25) is 9.69 Å². The van der Waals surface area contributed by atoms with Crippen LogP contribution in [0.5, 0.6) is 0 Å². The maximum atomic E-state index is 14.6. The van der Waals surface area contributed by atoms with Crippen molar-refractivity contribution in [2.24, 2.45) is 0 Å². The number of nitrogens with zero attached hydrogens (tertiary/aromatic N) is 1. The van der Waals surface area contributed by atoms with E-state index in [1.165, 1.54) is 12.1 Å². The van der Waals surface area contributed by atoms with Gasteiger partial charge in [-0.1, -0.05) is 60.7 Å². The summed E-state index contributed by atoms with van der Waals surface area (Å²) in [5.74, 6) is -0.646. The van der Waals surface area contributed by atoms with Crippen LogP contribution in [0.4, 0.5) is 17.6 Å². The molecule has 4 rings (SSSR count). The summed E-state index contributed by atoms with van der Waals surface area (Å²) in [5.41, 5.74) is 2.19. The summed E-state index contributed by atoms with van der Waals surface area (Å²) in [6.45, 7) is 1.11. The van der Waals surface area contributed by atoms with Crippen LogP contribution in [0, 0.1) is 5.82 Å². The van der Waals surface area contributed by atoms with Crippen LogP contribution in [-0.4, -0.2) is 30.3 Å². The summed E-state index contributed by atoms with van der Waals surface area (Å²) < 4.78 is 53.5. The average Bonchev–Trinajstić information content (AvgIpc) is 2.79. The summed E-state index contributed by atoms with van der Waals surface area (Å²) in [6, 6.07) is 18.9. The molecule has 0 N–H and O–H groups in total. The number of rotatable bonds is 5. The molecule has 0 bridgehead atoms. The quantitative estimate of drug-likeness (QED) is 0.335. The number of hydrogen-bond acceptors (Lipinski definition) is 2. The van der Waals surface area contributed by atoms with Crippen molar-refractivity contribution in [2.75, 3.05) is 19.6 Å². The SMILES string of the molecule is O=C(CN1CC=C(c2cccc(C(F)(F)F)c2)CC1)c1ccc(-c2ccccc2)c(F)c1. The lowest BCUT2D eigenvalue weighted by atomic mass is 9.97. The monoisotopic (exact) mass is 439 g/mol. The van der Waals surface area contributed by atoms with E-state index in [1.807, 2.05) is 41.3 Å². The molecule has 3 aromatic carbocycles. The lowest BCUT2D eigenvalue weighted by Gasteiger charge is -2.26. The number of benzene rings is 3. The number of carbonyl (C=O) groups is 1. The number of ketones is 1. The van der Waals surface area contributed by atoms with Crippen LogP contribution in [0.2, 0.25) is 0 Å². The van der Waals surface area contributed by atoms with E-state index in [0.29, 0.717) is 36.2 Å². The van der Waals surface area contributed by atoms with Crippen LogP contribution < -0.4 is 0 Å². The van der Waals surface area contributed by atoms with E-state index in [2.05, 4.69) is 0 Å². The molecule has 32 heavy (non-hydrogen) atoms. The predicted molar refractivity (Wildman–Crippen MR) is 117 cm³/mol. The van der Waals surface area contributed by atoms with Crippen LogP contribution in [0.25, 0.3) is 16.7 Å². The van der Waals surface area contributed by atoms with Gasteiger partial charge in [0.15, 0.2) is 5.78 Å². The highest BCUT2D eigenvalue weighted by atomic mass is 19.4. The Bertz CT molecular complexity index is 1150.